The maximum atomic E-state index is 12.5. The quantitative estimate of drug-likeness (QED) is 0.414. The maximum Gasteiger partial charge on any atom is 0.276 e. The lowest BCUT2D eigenvalue weighted by atomic mass is 10.1. The van der Waals surface area contributed by atoms with Crippen molar-refractivity contribution in [3.8, 4) is 17.1 Å². The molecule has 0 radical (unpaired) electrons. The van der Waals surface area contributed by atoms with E-state index < -0.39 is 0 Å². The molecule has 1 N–H and O–H groups in total. The van der Waals surface area contributed by atoms with Gasteiger partial charge in [-0.25, -0.2) is 4.68 Å². The monoisotopic (exact) mass is 433 g/mol. The van der Waals surface area contributed by atoms with E-state index in [2.05, 4.69) is 20.6 Å². The minimum atomic E-state index is -0.0787. The fourth-order valence-electron chi connectivity index (χ4n) is 3.27. The Morgan fingerprint density at radius 3 is 2.55 bits per heavy atom. The van der Waals surface area contributed by atoms with Crippen molar-refractivity contribution in [3.63, 3.8) is 0 Å². The predicted molar refractivity (Wildman–Crippen MR) is 121 cm³/mol. The van der Waals surface area contributed by atoms with Gasteiger partial charge in [-0.2, -0.15) is 5.10 Å². The molecule has 2 aromatic heterocycles. The summed E-state index contributed by atoms with van der Waals surface area (Å²) in [5.41, 5.74) is 5.37. The van der Waals surface area contributed by atoms with Crippen molar-refractivity contribution >= 4 is 23.4 Å². The Labute approximate surface area is 184 Å². The van der Waals surface area contributed by atoms with Crippen LogP contribution in [0.4, 0.5) is 5.69 Å². The number of para-hydroxylation sites is 1. The molecule has 0 atom stereocenters. The Bertz CT molecular complexity index is 1200. The highest BCUT2D eigenvalue weighted by atomic mass is 32.2. The Morgan fingerprint density at radius 2 is 1.77 bits per heavy atom. The largest absolute Gasteiger partial charge is 0.411 e. The number of hydrogen-bond donors (Lipinski definition) is 1. The second kappa shape index (κ2) is 9.18. The van der Waals surface area contributed by atoms with Crippen molar-refractivity contribution in [2.45, 2.75) is 32.4 Å². The van der Waals surface area contributed by atoms with Crippen LogP contribution >= 0.6 is 11.8 Å². The smallest absolute Gasteiger partial charge is 0.276 e. The summed E-state index contributed by atoms with van der Waals surface area (Å²) in [7, 11) is 0. The molecule has 2 aromatic carbocycles. The van der Waals surface area contributed by atoms with E-state index in [1.165, 1.54) is 11.8 Å². The Kier molecular flexibility index (Phi) is 6.18. The molecule has 0 bridgehead atoms. The molecule has 1 amide bonds. The molecular weight excluding hydrogens is 410 g/mol. The predicted octanol–water partition coefficient (Wildman–Crippen LogP) is 4.97. The number of carbonyl (C=O) groups is 1. The van der Waals surface area contributed by atoms with Crippen LogP contribution in [0.5, 0.6) is 0 Å². The topological polar surface area (TPSA) is 85.8 Å². The second-order valence-electron chi connectivity index (χ2n) is 7.13. The van der Waals surface area contributed by atoms with Crippen molar-refractivity contribution in [1.82, 2.24) is 20.0 Å². The third-order valence-electron chi connectivity index (χ3n) is 4.89. The zero-order chi connectivity index (χ0) is 21.8. The Hall–Kier alpha value is -3.39. The summed E-state index contributed by atoms with van der Waals surface area (Å²) in [6.45, 7) is 5.84. The third-order valence-corrected chi connectivity index (χ3v) is 5.71. The number of aromatic nitrogens is 4. The zero-order valence-electron chi connectivity index (χ0n) is 17.6. The lowest BCUT2D eigenvalue weighted by Gasteiger charge is -2.07. The lowest BCUT2D eigenvalue weighted by Crippen LogP contribution is -2.13. The minimum Gasteiger partial charge on any atom is -0.411 e. The van der Waals surface area contributed by atoms with E-state index in [1.54, 1.807) is 0 Å². The summed E-state index contributed by atoms with van der Waals surface area (Å²) in [4.78, 5) is 12.5. The van der Waals surface area contributed by atoms with Crippen LogP contribution in [0, 0.1) is 20.8 Å². The molecule has 4 rings (SSSR count). The van der Waals surface area contributed by atoms with Gasteiger partial charge >= 0.3 is 0 Å². The average Bonchev–Trinajstić information content (AvgIpc) is 3.35. The molecule has 0 fully saturated rings. The Balaban J connectivity index is 1.35. The molecule has 0 aliphatic rings. The summed E-state index contributed by atoms with van der Waals surface area (Å²) in [6, 6.07) is 17.7. The molecule has 2 heterocycles. The summed E-state index contributed by atoms with van der Waals surface area (Å²) < 4.78 is 7.58. The van der Waals surface area contributed by atoms with Gasteiger partial charge in [0.25, 0.3) is 5.22 Å². The molecule has 158 valence electrons. The van der Waals surface area contributed by atoms with E-state index in [0.29, 0.717) is 23.3 Å². The van der Waals surface area contributed by atoms with Gasteiger partial charge in [0, 0.05) is 17.7 Å². The number of nitrogens with zero attached hydrogens (tertiary/aromatic N) is 4. The standard InChI is InChI=1S/C23H23N5O2S/c1-15-9-7-8-12-19(15)22-25-26-23(30-22)31-14-13-20(29)24-21-16(2)27-28(17(21)3)18-10-5-4-6-11-18/h4-12H,13-14H2,1-3H3,(H,24,29). The van der Waals surface area contributed by atoms with Crippen LogP contribution in [-0.4, -0.2) is 31.6 Å². The van der Waals surface area contributed by atoms with Crippen molar-refractivity contribution in [2.24, 2.45) is 0 Å². The Morgan fingerprint density at radius 1 is 1.03 bits per heavy atom. The average molecular weight is 434 g/mol. The first-order valence-corrected chi connectivity index (χ1v) is 11.0. The van der Waals surface area contributed by atoms with Gasteiger partial charge in [0.15, 0.2) is 0 Å². The molecule has 0 aliphatic heterocycles. The number of carbonyl (C=O) groups excluding carboxylic acids is 1. The molecule has 0 spiro atoms. The van der Waals surface area contributed by atoms with Crippen LogP contribution in [-0.2, 0) is 4.79 Å². The maximum absolute atomic E-state index is 12.5. The first-order chi connectivity index (χ1) is 15.0. The van der Waals surface area contributed by atoms with Crippen LogP contribution in [0.2, 0.25) is 0 Å². The van der Waals surface area contributed by atoms with E-state index in [0.717, 1.165) is 33.9 Å². The first kappa shape index (κ1) is 20.9. The van der Waals surface area contributed by atoms with Gasteiger partial charge in [0.2, 0.25) is 11.8 Å². The van der Waals surface area contributed by atoms with E-state index in [1.807, 2.05) is 80.1 Å². The number of benzene rings is 2. The van der Waals surface area contributed by atoms with Crippen LogP contribution in [0.3, 0.4) is 0 Å². The number of aryl methyl sites for hydroxylation is 2. The van der Waals surface area contributed by atoms with Crippen molar-refractivity contribution < 1.29 is 9.21 Å². The molecule has 0 saturated carbocycles. The molecular formula is C23H23N5O2S. The number of nitrogens with one attached hydrogen (secondary N) is 1. The molecule has 0 aliphatic carbocycles. The second-order valence-corrected chi connectivity index (χ2v) is 8.17. The normalized spacial score (nSPS) is 10.9. The SMILES string of the molecule is Cc1ccccc1-c1nnc(SCCC(=O)Nc2c(C)nn(-c3ccccc3)c2C)o1. The van der Waals surface area contributed by atoms with Crippen molar-refractivity contribution in [1.29, 1.82) is 0 Å². The van der Waals surface area contributed by atoms with Crippen LogP contribution in [0.1, 0.15) is 23.4 Å². The molecule has 0 saturated heterocycles. The third kappa shape index (κ3) is 4.69. The molecule has 8 heteroatoms. The molecule has 4 aromatic rings. The van der Waals surface area contributed by atoms with Gasteiger partial charge in [0.05, 0.1) is 22.8 Å². The number of thioether (sulfide) groups is 1. The molecule has 0 unspecified atom stereocenters. The van der Waals surface area contributed by atoms with Gasteiger partial charge < -0.3 is 9.73 Å². The number of anilines is 1. The number of rotatable bonds is 7. The van der Waals surface area contributed by atoms with Crippen LogP contribution in [0.25, 0.3) is 17.1 Å². The van der Waals surface area contributed by atoms with Crippen LogP contribution < -0.4 is 5.32 Å². The number of hydrogen-bond acceptors (Lipinski definition) is 6. The highest BCUT2D eigenvalue weighted by Gasteiger charge is 2.16. The van der Waals surface area contributed by atoms with Crippen molar-refractivity contribution in [2.75, 3.05) is 11.1 Å². The zero-order valence-corrected chi connectivity index (χ0v) is 18.4. The van der Waals surface area contributed by atoms with Gasteiger partial charge in [-0.15, -0.1) is 10.2 Å². The summed E-state index contributed by atoms with van der Waals surface area (Å²) in [6.07, 6.45) is 0.322. The van der Waals surface area contributed by atoms with E-state index in [9.17, 15) is 4.79 Å². The van der Waals surface area contributed by atoms with Gasteiger partial charge in [-0.3, -0.25) is 4.79 Å². The van der Waals surface area contributed by atoms with Gasteiger partial charge in [-0.05, 0) is 44.5 Å². The van der Waals surface area contributed by atoms with E-state index in [-0.39, 0.29) is 5.91 Å². The first-order valence-electron chi connectivity index (χ1n) is 9.96. The van der Waals surface area contributed by atoms with Crippen molar-refractivity contribution in [3.05, 3.63) is 71.5 Å². The number of amides is 1. The summed E-state index contributed by atoms with van der Waals surface area (Å²) in [5.74, 6) is 0.946. The lowest BCUT2D eigenvalue weighted by molar-refractivity contribution is -0.115. The minimum absolute atomic E-state index is 0.0787. The van der Waals surface area contributed by atoms with Gasteiger partial charge in [-0.1, -0.05) is 48.2 Å². The summed E-state index contributed by atoms with van der Waals surface area (Å²) >= 11 is 1.37. The highest BCUT2D eigenvalue weighted by molar-refractivity contribution is 7.99. The van der Waals surface area contributed by atoms with E-state index in [4.69, 9.17) is 4.42 Å². The van der Waals surface area contributed by atoms with Crippen LogP contribution in [0.15, 0.2) is 64.2 Å². The molecule has 7 nitrogen and oxygen atoms in total. The van der Waals surface area contributed by atoms with Gasteiger partial charge in [0.1, 0.15) is 0 Å². The fourth-order valence-corrected chi connectivity index (χ4v) is 3.97. The molecule has 31 heavy (non-hydrogen) atoms. The fraction of sp³-hybridized carbons (Fsp3) is 0.217. The van der Waals surface area contributed by atoms with E-state index >= 15 is 0 Å². The highest BCUT2D eigenvalue weighted by Crippen LogP contribution is 2.26. The summed E-state index contributed by atoms with van der Waals surface area (Å²) in [5, 5.41) is 16.2.